The molecule has 0 saturated carbocycles. The molecule has 0 aliphatic rings. The zero-order valence-electron chi connectivity index (χ0n) is 12.0. The normalized spacial score (nSPS) is 12.4. The van der Waals surface area contributed by atoms with Crippen LogP contribution in [0.3, 0.4) is 0 Å². The van der Waals surface area contributed by atoms with Crippen molar-refractivity contribution in [3.63, 3.8) is 0 Å². The van der Waals surface area contributed by atoms with Crippen LogP contribution in [0.4, 0.5) is 13.2 Å². The van der Waals surface area contributed by atoms with E-state index in [0.717, 1.165) is 23.8 Å². The molecular formula is C15H13ClF3NO2S. The Kier molecular flexibility index (Phi) is 5.03. The van der Waals surface area contributed by atoms with Gasteiger partial charge >= 0.3 is 6.18 Å². The van der Waals surface area contributed by atoms with E-state index in [1.807, 2.05) is 0 Å². The Balaban J connectivity index is 2.24. The average molecular weight is 364 g/mol. The summed E-state index contributed by atoms with van der Waals surface area (Å²) in [4.78, 5) is -0.438. The van der Waals surface area contributed by atoms with Gasteiger partial charge in [0.25, 0.3) is 0 Å². The predicted octanol–water partition coefficient (Wildman–Crippen LogP) is 4.15. The highest BCUT2D eigenvalue weighted by molar-refractivity contribution is 7.89. The van der Waals surface area contributed by atoms with Crippen molar-refractivity contribution in [3.8, 4) is 0 Å². The van der Waals surface area contributed by atoms with E-state index in [2.05, 4.69) is 4.72 Å². The van der Waals surface area contributed by atoms with Gasteiger partial charge in [-0.2, -0.15) is 13.2 Å². The molecule has 1 N–H and O–H groups in total. The molecule has 2 aromatic carbocycles. The van der Waals surface area contributed by atoms with Crippen LogP contribution in [0.2, 0.25) is 5.02 Å². The Hall–Kier alpha value is -1.57. The topological polar surface area (TPSA) is 46.2 Å². The van der Waals surface area contributed by atoms with Crippen LogP contribution in [0.25, 0.3) is 0 Å². The van der Waals surface area contributed by atoms with E-state index < -0.39 is 26.7 Å². The van der Waals surface area contributed by atoms with E-state index in [4.69, 9.17) is 11.6 Å². The summed E-state index contributed by atoms with van der Waals surface area (Å²) in [5, 5.41) is 0.448. The Bertz CT molecular complexity index is 820. The van der Waals surface area contributed by atoms with Crippen LogP contribution in [-0.2, 0) is 22.7 Å². The first-order valence-electron chi connectivity index (χ1n) is 6.51. The number of aryl methyl sites for hydroxylation is 1. The maximum Gasteiger partial charge on any atom is 0.416 e. The number of sulfonamides is 1. The maximum absolute atomic E-state index is 12.7. The summed E-state index contributed by atoms with van der Waals surface area (Å²) >= 11 is 5.85. The van der Waals surface area contributed by atoms with Gasteiger partial charge in [-0.1, -0.05) is 23.7 Å². The van der Waals surface area contributed by atoms with Crippen molar-refractivity contribution in [1.29, 1.82) is 0 Å². The molecule has 0 aromatic heterocycles. The maximum atomic E-state index is 12.7. The average Bonchev–Trinajstić information content (AvgIpc) is 2.47. The van der Waals surface area contributed by atoms with Crippen molar-refractivity contribution >= 4 is 21.6 Å². The van der Waals surface area contributed by atoms with Gasteiger partial charge in [-0.15, -0.1) is 0 Å². The van der Waals surface area contributed by atoms with Crippen LogP contribution >= 0.6 is 11.6 Å². The van der Waals surface area contributed by atoms with E-state index >= 15 is 0 Å². The lowest BCUT2D eigenvalue weighted by molar-refractivity contribution is -0.137. The van der Waals surface area contributed by atoms with E-state index in [-0.39, 0.29) is 6.54 Å². The molecule has 0 aliphatic carbocycles. The zero-order chi connectivity index (χ0) is 17.3. The molecule has 2 rings (SSSR count). The Morgan fingerprint density at radius 1 is 1.13 bits per heavy atom. The van der Waals surface area contributed by atoms with Crippen molar-refractivity contribution < 1.29 is 21.6 Å². The quantitative estimate of drug-likeness (QED) is 0.887. The smallest absolute Gasteiger partial charge is 0.207 e. The molecule has 0 spiro atoms. The first kappa shape index (κ1) is 17.8. The zero-order valence-corrected chi connectivity index (χ0v) is 13.6. The predicted molar refractivity (Wildman–Crippen MR) is 81.7 cm³/mol. The molecule has 2 aromatic rings. The fourth-order valence-corrected chi connectivity index (χ4v) is 3.17. The lowest BCUT2D eigenvalue weighted by Gasteiger charge is -2.11. The molecule has 3 nitrogen and oxygen atoms in total. The number of hydrogen-bond donors (Lipinski definition) is 1. The lowest BCUT2D eigenvalue weighted by atomic mass is 10.1. The molecule has 0 bridgehead atoms. The first-order chi connectivity index (χ1) is 10.6. The minimum atomic E-state index is -4.60. The summed E-state index contributed by atoms with van der Waals surface area (Å²) in [7, 11) is -4.06. The van der Waals surface area contributed by atoms with E-state index in [0.29, 0.717) is 16.7 Å². The van der Waals surface area contributed by atoms with Gasteiger partial charge in [0.1, 0.15) is 0 Å². The minimum absolute atomic E-state index is 0.0645. The van der Waals surface area contributed by atoms with Gasteiger partial charge in [0, 0.05) is 11.6 Å². The number of rotatable bonds is 4. The fraction of sp³-hybridized carbons (Fsp3) is 0.200. The number of alkyl halides is 3. The van der Waals surface area contributed by atoms with Gasteiger partial charge in [0.2, 0.25) is 10.0 Å². The summed E-state index contributed by atoms with van der Waals surface area (Å²) < 4.78 is 64.6. The fourth-order valence-electron chi connectivity index (χ4n) is 1.93. The summed E-state index contributed by atoms with van der Waals surface area (Å²) in [5.41, 5.74) is 0.452. The molecule has 0 fully saturated rings. The van der Waals surface area contributed by atoms with E-state index in [1.54, 1.807) is 25.1 Å². The van der Waals surface area contributed by atoms with Gasteiger partial charge in [0.05, 0.1) is 10.5 Å². The Morgan fingerprint density at radius 2 is 1.83 bits per heavy atom. The van der Waals surface area contributed by atoms with Gasteiger partial charge in [-0.3, -0.25) is 0 Å². The minimum Gasteiger partial charge on any atom is -0.207 e. The first-order valence-corrected chi connectivity index (χ1v) is 8.38. The molecule has 0 atom stereocenters. The van der Waals surface area contributed by atoms with Crippen LogP contribution in [0.5, 0.6) is 0 Å². The van der Waals surface area contributed by atoms with Crippen molar-refractivity contribution in [1.82, 2.24) is 4.72 Å². The SMILES string of the molecule is Cc1ccc(Cl)cc1CNS(=O)(=O)c1cccc(C(F)(F)F)c1. The summed E-state index contributed by atoms with van der Waals surface area (Å²) in [6, 6.07) is 8.60. The third-order valence-electron chi connectivity index (χ3n) is 3.24. The molecule has 124 valence electrons. The van der Waals surface area contributed by atoms with Crippen LogP contribution in [0.15, 0.2) is 47.4 Å². The molecular weight excluding hydrogens is 351 g/mol. The summed E-state index contributed by atoms with van der Waals surface area (Å²) in [5.74, 6) is 0. The van der Waals surface area contributed by atoms with Crippen molar-refractivity contribution in [3.05, 3.63) is 64.2 Å². The lowest BCUT2D eigenvalue weighted by Crippen LogP contribution is -2.24. The number of nitrogens with one attached hydrogen (secondary N) is 1. The third-order valence-corrected chi connectivity index (χ3v) is 4.87. The molecule has 0 amide bonds. The van der Waals surface area contributed by atoms with Crippen LogP contribution in [-0.4, -0.2) is 8.42 Å². The molecule has 0 saturated heterocycles. The Morgan fingerprint density at radius 3 is 2.48 bits per heavy atom. The number of benzene rings is 2. The highest BCUT2D eigenvalue weighted by Gasteiger charge is 2.31. The highest BCUT2D eigenvalue weighted by Crippen LogP contribution is 2.30. The van der Waals surface area contributed by atoms with Gasteiger partial charge in [-0.05, 0) is 48.4 Å². The monoisotopic (exact) mass is 363 g/mol. The largest absolute Gasteiger partial charge is 0.416 e. The second-order valence-electron chi connectivity index (χ2n) is 4.92. The van der Waals surface area contributed by atoms with Crippen LogP contribution in [0, 0.1) is 6.92 Å². The molecule has 0 radical (unpaired) electrons. The standard InChI is InChI=1S/C15H13ClF3NO2S/c1-10-5-6-13(16)7-11(10)9-20-23(21,22)14-4-2-3-12(8-14)15(17,18)19/h2-8,20H,9H2,1H3. The molecule has 0 unspecified atom stereocenters. The van der Waals surface area contributed by atoms with E-state index in [9.17, 15) is 21.6 Å². The van der Waals surface area contributed by atoms with Crippen molar-refractivity contribution in [2.75, 3.05) is 0 Å². The van der Waals surface area contributed by atoms with Crippen LogP contribution in [0.1, 0.15) is 16.7 Å². The van der Waals surface area contributed by atoms with E-state index in [1.165, 1.54) is 0 Å². The third kappa shape index (κ3) is 4.46. The molecule has 0 heterocycles. The van der Waals surface area contributed by atoms with Crippen molar-refractivity contribution in [2.45, 2.75) is 24.5 Å². The summed E-state index contributed by atoms with van der Waals surface area (Å²) in [6.07, 6.45) is -4.60. The molecule has 0 aliphatic heterocycles. The number of hydrogen-bond acceptors (Lipinski definition) is 2. The van der Waals surface area contributed by atoms with Gasteiger partial charge < -0.3 is 0 Å². The van der Waals surface area contributed by atoms with Crippen LogP contribution < -0.4 is 4.72 Å². The second kappa shape index (κ2) is 6.51. The van der Waals surface area contributed by atoms with Crippen molar-refractivity contribution in [2.24, 2.45) is 0 Å². The molecule has 23 heavy (non-hydrogen) atoms. The second-order valence-corrected chi connectivity index (χ2v) is 7.12. The Labute approximate surface area is 137 Å². The van der Waals surface area contributed by atoms with Gasteiger partial charge in [-0.25, -0.2) is 13.1 Å². The van der Waals surface area contributed by atoms with Gasteiger partial charge in [0.15, 0.2) is 0 Å². The highest BCUT2D eigenvalue weighted by atomic mass is 35.5. The molecule has 8 heteroatoms. The summed E-state index contributed by atoms with van der Waals surface area (Å²) in [6.45, 7) is 1.72. The number of halogens is 4.